The molecule has 0 radical (unpaired) electrons. The zero-order valence-electron chi connectivity index (χ0n) is 13.8. The van der Waals surface area contributed by atoms with Crippen molar-refractivity contribution >= 4 is 0 Å². The summed E-state index contributed by atoms with van der Waals surface area (Å²) in [4.78, 5) is 2.68. The highest BCUT2D eigenvalue weighted by atomic mass is 15.2. The molecule has 1 aliphatic heterocycles. The molecule has 22 heavy (non-hydrogen) atoms. The van der Waals surface area contributed by atoms with E-state index in [0.29, 0.717) is 6.04 Å². The van der Waals surface area contributed by atoms with E-state index in [1.54, 1.807) is 0 Å². The molecule has 0 spiro atoms. The molecule has 1 aliphatic rings. The molecule has 2 aromatic carbocycles. The lowest BCUT2D eigenvalue weighted by Crippen LogP contribution is -2.37. The Hall–Kier alpha value is -1.60. The van der Waals surface area contributed by atoms with Crippen molar-refractivity contribution < 1.29 is 0 Å². The molecular weight excluding hydrogens is 266 g/mol. The molecule has 0 bridgehead atoms. The number of piperidine rings is 1. The summed E-state index contributed by atoms with van der Waals surface area (Å²) in [6.07, 6.45) is 4.01. The number of hydrogen-bond acceptors (Lipinski definition) is 1. The fraction of sp³-hybridized carbons (Fsp3) is 0.429. The number of likely N-dealkylation sites (tertiary alicyclic amines) is 1. The Morgan fingerprint density at radius 1 is 0.955 bits per heavy atom. The summed E-state index contributed by atoms with van der Waals surface area (Å²) in [5, 5.41) is 0. The van der Waals surface area contributed by atoms with Crippen molar-refractivity contribution in [2.45, 2.75) is 39.2 Å². The van der Waals surface area contributed by atoms with Crippen LogP contribution in [0.1, 0.15) is 48.9 Å². The first-order chi connectivity index (χ1) is 10.8. The molecule has 1 heteroatoms. The second-order valence-electron chi connectivity index (χ2n) is 6.56. The van der Waals surface area contributed by atoms with Gasteiger partial charge in [-0.2, -0.15) is 0 Å². The number of benzene rings is 2. The molecule has 0 N–H and O–H groups in total. The lowest BCUT2D eigenvalue weighted by Gasteiger charge is -2.38. The Bertz CT molecular complexity index is 582. The van der Waals surface area contributed by atoms with Gasteiger partial charge in [-0.3, -0.25) is 4.90 Å². The van der Waals surface area contributed by atoms with Gasteiger partial charge in [0.05, 0.1) is 6.04 Å². The van der Waals surface area contributed by atoms with Crippen LogP contribution in [-0.2, 0) is 0 Å². The van der Waals surface area contributed by atoms with Crippen LogP contribution in [0.2, 0.25) is 0 Å². The number of hydrogen-bond donors (Lipinski definition) is 0. The van der Waals surface area contributed by atoms with E-state index in [-0.39, 0.29) is 0 Å². The molecule has 1 nitrogen and oxygen atoms in total. The minimum Gasteiger partial charge on any atom is -0.292 e. The summed E-state index contributed by atoms with van der Waals surface area (Å²) in [5.74, 6) is 0.921. The smallest absolute Gasteiger partial charge is 0.0604 e. The lowest BCUT2D eigenvalue weighted by molar-refractivity contribution is 0.149. The van der Waals surface area contributed by atoms with Crippen molar-refractivity contribution in [1.29, 1.82) is 0 Å². The third-order valence-electron chi connectivity index (χ3n) is 5.19. The molecule has 1 saturated heterocycles. The fourth-order valence-electron chi connectivity index (χ4n) is 3.74. The van der Waals surface area contributed by atoms with E-state index in [1.807, 2.05) is 0 Å². The van der Waals surface area contributed by atoms with Gasteiger partial charge in [0.2, 0.25) is 0 Å². The van der Waals surface area contributed by atoms with Crippen LogP contribution < -0.4 is 0 Å². The van der Waals surface area contributed by atoms with E-state index < -0.39 is 0 Å². The lowest BCUT2D eigenvalue weighted by atomic mass is 9.89. The summed E-state index contributed by atoms with van der Waals surface area (Å²) in [7, 11) is 0. The topological polar surface area (TPSA) is 3.24 Å². The fourth-order valence-corrected chi connectivity index (χ4v) is 3.74. The minimum absolute atomic E-state index is 0.403. The Morgan fingerprint density at radius 2 is 1.59 bits per heavy atom. The van der Waals surface area contributed by atoms with Crippen molar-refractivity contribution in [2.24, 2.45) is 5.92 Å². The summed E-state index contributed by atoms with van der Waals surface area (Å²) in [5.41, 5.74) is 4.28. The Kier molecular flexibility index (Phi) is 4.94. The Labute approximate surface area is 135 Å². The molecule has 0 saturated carbocycles. The van der Waals surface area contributed by atoms with Gasteiger partial charge in [0.1, 0.15) is 0 Å². The van der Waals surface area contributed by atoms with Crippen molar-refractivity contribution in [3.8, 4) is 0 Å². The van der Waals surface area contributed by atoms with Crippen LogP contribution in [0.4, 0.5) is 0 Å². The van der Waals surface area contributed by atoms with Gasteiger partial charge in [-0.1, -0.05) is 67.9 Å². The highest BCUT2D eigenvalue weighted by molar-refractivity contribution is 5.37. The van der Waals surface area contributed by atoms with Gasteiger partial charge >= 0.3 is 0 Å². The summed E-state index contributed by atoms with van der Waals surface area (Å²) < 4.78 is 0. The number of nitrogens with zero attached hydrogens (tertiary/aromatic N) is 1. The number of rotatable bonds is 4. The van der Waals surface area contributed by atoms with E-state index in [0.717, 1.165) is 5.92 Å². The van der Waals surface area contributed by atoms with Crippen molar-refractivity contribution in [3.05, 3.63) is 71.3 Å². The molecule has 0 aliphatic carbocycles. The van der Waals surface area contributed by atoms with Gasteiger partial charge in [0.15, 0.2) is 0 Å². The second kappa shape index (κ2) is 7.11. The minimum atomic E-state index is 0.403. The van der Waals surface area contributed by atoms with Gasteiger partial charge in [-0.25, -0.2) is 0 Å². The molecule has 1 fully saturated rings. The second-order valence-corrected chi connectivity index (χ2v) is 6.56. The van der Waals surface area contributed by atoms with Crippen LogP contribution >= 0.6 is 0 Å². The van der Waals surface area contributed by atoms with Gasteiger partial charge in [-0.05, 0) is 55.5 Å². The van der Waals surface area contributed by atoms with Gasteiger partial charge in [-0.15, -0.1) is 0 Å². The maximum atomic E-state index is 2.68. The molecule has 3 rings (SSSR count). The normalized spacial score (nSPS) is 18.3. The summed E-state index contributed by atoms with van der Waals surface area (Å²) in [6, 6.07) is 20.3. The molecular formula is C21H27N. The predicted molar refractivity (Wildman–Crippen MR) is 94.1 cm³/mol. The molecule has 1 unspecified atom stereocenters. The monoisotopic (exact) mass is 293 g/mol. The predicted octanol–water partition coefficient (Wildman–Crippen LogP) is 5.21. The zero-order valence-corrected chi connectivity index (χ0v) is 13.8. The summed E-state index contributed by atoms with van der Waals surface area (Å²) >= 11 is 0. The quantitative estimate of drug-likeness (QED) is 0.748. The van der Waals surface area contributed by atoms with E-state index in [2.05, 4.69) is 73.3 Å². The Morgan fingerprint density at radius 3 is 2.23 bits per heavy atom. The molecule has 1 atom stereocenters. The van der Waals surface area contributed by atoms with Crippen LogP contribution in [0, 0.1) is 12.8 Å². The van der Waals surface area contributed by atoms with Crippen molar-refractivity contribution in [3.63, 3.8) is 0 Å². The molecule has 0 amide bonds. The average molecular weight is 293 g/mol. The molecule has 1 heterocycles. The Balaban J connectivity index is 1.93. The van der Waals surface area contributed by atoms with E-state index in [4.69, 9.17) is 0 Å². The molecule has 116 valence electrons. The van der Waals surface area contributed by atoms with Crippen LogP contribution in [-0.4, -0.2) is 18.0 Å². The maximum absolute atomic E-state index is 2.68. The standard InChI is InChI=1S/C21H27N/c1-3-18-13-15-22(16-14-18)21(19-10-5-4-6-11-19)20-12-8-7-9-17(20)2/h4-12,18,21H,3,13-16H2,1-2H3. The first kappa shape index (κ1) is 15.3. The highest BCUT2D eigenvalue weighted by Gasteiger charge is 2.27. The third kappa shape index (κ3) is 3.25. The molecule has 2 aromatic rings. The summed E-state index contributed by atoms with van der Waals surface area (Å²) in [6.45, 7) is 7.00. The van der Waals surface area contributed by atoms with Crippen LogP contribution in [0.25, 0.3) is 0 Å². The van der Waals surface area contributed by atoms with Crippen molar-refractivity contribution in [2.75, 3.05) is 13.1 Å². The van der Waals surface area contributed by atoms with Crippen LogP contribution in [0.3, 0.4) is 0 Å². The first-order valence-electron chi connectivity index (χ1n) is 8.64. The largest absolute Gasteiger partial charge is 0.292 e. The van der Waals surface area contributed by atoms with E-state index >= 15 is 0 Å². The van der Waals surface area contributed by atoms with Crippen LogP contribution in [0.15, 0.2) is 54.6 Å². The molecule has 0 aromatic heterocycles. The first-order valence-corrected chi connectivity index (χ1v) is 8.64. The van der Waals surface area contributed by atoms with Crippen LogP contribution in [0.5, 0.6) is 0 Å². The van der Waals surface area contributed by atoms with E-state index in [1.165, 1.54) is 49.0 Å². The van der Waals surface area contributed by atoms with E-state index in [9.17, 15) is 0 Å². The third-order valence-corrected chi connectivity index (χ3v) is 5.19. The number of aryl methyl sites for hydroxylation is 1. The van der Waals surface area contributed by atoms with Gasteiger partial charge < -0.3 is 0 Å². The highest BCUT2D eigenvalue weighted by Crippen LogP contribution is 2.34. The van der Waals surface area contributed by atoms with Crippen molar-refractivity contribution in [1.82, 2.24) is 4.90 Å². The zero-order chi connectivity index (χ0) is 15.4. The van der Waals surface area contributed by atoms with Gasteiger partial charge in [0, 0.05) is 0 Å². The van der Waals surface area contributed by atoms with Gasteiger partial charge in [0.25, 0.3) is 0 Å². The average Bonchev–Trinajstić information content (AvgIpc) is 2.58. The SMILES string of the molecule is CCC1CCN(C(c2ccccc2)c2ccccc2C)CC1. The maximum Gasteiger partial charge on any atom is 0.0604 e.